The monoisotopic (exact) mass is 438 g/mol. The third kappa shape index (κ3) is 3.92. The molecule has 0 radical (unpaired) electrons. The molecular weight excluding hydrogens is 419 g/mol. The molecule has 0 saturated carbocycles. The zero-order valence-electron chi connectivity index (χ0n) is 13.4. The highest BCUT2D eigenvalue weighted by Gasteiger charge is 2.15. The Morgan fingerprint density at radius 1 is 1.09 bits per heavy atom. The summed E-state index contributed by atoms with van der Waals surface area (Å²) >= 11 is 1.47. The number of anilines is 2. The molecule has 6 heteroatoms. The summed E-state index contributed by atoms with van der Waals surface area (Å²) in [5.74, 6) is 0. The van der Waals surface area contributed by atoms with Gasteiger partial charge in [-0.05, 0) is 43.3 Å². The molecule has 1 heterocycles. The quantitative estimate of drug-likeness (QED) is 0.362. The average molecular weight is 438 g/mol. The molecule has 0 bridgehead atoms. The van der Waals surface area contributed by atoms with Crippen LogP contribution in [-0.2, 0) is 0 Å². The first-order valence-corrected chi connectivity index (χ1v) is 10.3. The zero-order chi connectivity index (χ0) is 16.2. The minimum Gasteiger partial charge on any atom is -0.375 e. The van der Waals surface area contributed by atoms with Gasteiger partial charge in [-0.2, -0.15) is 0 Å². The molecule has 0 aromatic heterocycles. The van der Waals surface area contributed by atoms with Gasteiger partial charge in [0.05, 0.1) is 11.4 Å². The lowest BCUT2D eigenvalue weighted by atomic mass is 10.2. The molecule has 23 heavy (non-hydrogen) atoms. The Morgan fingerprint density at radius 3 is 2.57 bits per heavy atom. The van der Waals surface area contributed by atoms with Crippen LogP contribution in [0.15, 0.2) is 63.7 Å². The summed E-state index contributed by atoms with van der Waals surface area (Å²) in [7, 11) is 4.22. The largest absolute Gasteiger partial charge is 0.375 e. The molecule has 0 N–H and O–H groups in total. The fourth-order valence-corrected chi connectivity index (χ4v) is 6.27. The maximum atomic E-state index is 4.50. The van der Waals surface area contributed by atoms with Gasteiger partial charge in [0.1, 0.15) is 0 Å². The third-order valence-electron chi connectivity index (χ3n) is 3.60. The van der Waals surface area contributed by atoms with Gasteiger partial charge in [0.25, 0.3) is 0 Å². The van der Waals surface area contributed by atoms with Crippen LogP contribution < -0.4 is 8.01 Å². The van der Waals surface area contributed by atoms with E-state index in [1.807, 2.05) is 12.1 Å². The summed E-state index contributed by atoms with van der Waals surface area (Å²) in [6, 6.07) is 16.7. The van der Waals surface area contributed by atoms with E-state index in [0.717, 1.165) is 15.2 Å². The molecule has 3 rings (SSSR count). The molecule has 0 spiro atoms. The van der Waals surface area contributed by atoms with E-state index in [4.69, 9.17) is 0 Å². The summed E-state index contributed by atoms with van der Waals surface area (Å²) in [6.45, 7) is 3.13. The fourth-order valence-electron chi connectivity index (χ4n) is 2.15. The van der Waals surface area contributed by atoms with Gasteiger partial charge in [0, 0.05) is 52.2 Å². The SMILES string of the molecule is CCN(C)c1ccc(N=NC2=IN(C)c3ccccc3S2)cc1. The highest BCUT2D eigenvalue weighted by Crippen LogP contribution is 2.41. The predicted molar refractivity (Wildman–Crippen MR) is 110 cm³/mol. The molecule has 1 aliphatic rings. The van der Waals surface area contributed by atoms with Gasteiger partial charge in [-0.25, -0.2) is 0 Å². The third-order valence-corrected chi connectivity index (χ3v) is 7.41. The molecule has 2 aromatic carbocycles. The van der Waals surface area contributed by atoms with Crippen LogP contribution in [-0.4, -0.2) is 23.6 Å². The van der Waals surface area contributed by atoms with Crippen molar-refractivity contribution in [3.63, 3.8) is 0 Å². The molecule has 0 saturated heterocycles. The van der Waals surface area contributed by atoms with Crippen LogP contribution >= 0.6 is 32.8 Å². The first-order valence-electron chi connectivity index (χ1n) is 7.43. The minimum atomic E-state index is -0.277. The topological polar surface area (TPSA) is 31.2 Å². The highest BCUT2D eigenvalue weighted by atomic mass is 127. The van der Waals surface area contributed by atoms with Crippen molar-refractivity contribution in [1.82, 2.24) is 0 Å². The van der Waals surface area contributed by atoms with Gasteiger partial charge >= 0.3 is 0 Å². The summed E-state index contributed by atoms with van der Waals surface area (Å²) in [5.41, 5.74) is 3.40. The predicted octanol–water partition coefficient (Wildman–Crippen LogP) is 5.44. The molecule has 1 aliphatic heterocycles. The maximum absolute atomic E-state index is 4.50. The summed E-state index contributed by atoms with van der Waals surface area (Å²) < 4.78 is 3.44. The Labute approximate surface area is 151 Å². The van der Waals surface area contributed by atoms with Gasteiger partial charge in [0.2, 0.25) is 0 Å². The summed E-state index contributed by atoms with van der Waals surface area (Å²) in [6.07, 6.45) is 0. The molecular formula is C17H19IN4S. The van der Waals surface area contributed by atoms with Crippen LogP contribution in [0.25, 0.3) is 0 Å². The number of halogens is 1. The van der Waals surface area contributed by atoms with Crippen LogP contribution in [0.2, 0.25) is 0 Å². The smallest absolute Gasteiger partial charge is 0.172 e. The Balaban J connectivity index is 1.74. The number of para-hydroxylation sites is 1. The molecule has 0 amide bonds. The lowest BCUT2D eigenvalue weighted by Gasteiger charge is -2.21. The second-order valence-electron chi connectivity index (χ2n) is 5.11. The Kier molecular flexibility index (Phi) is 5.32. The molecule has 0 atom stereocenters. The van der Waals surface area contributed by atoms with E-state index in [1.54, 1.807) is 11.8 Å². The van der Waals surface area contributed by atoms with Crippen LogP contribution in [0, 0.1) is 0 Å². The van der Waals surface area contributed by atoms with Crippen LogP contribution in [0.3, 0.4) is 0 Å². The lowest BCUT2D eigenvalue weighted by molar-refractivity contribution is 0.968. The van der Waals surface area contributed by atoms with Crippen molar-refractivity contribution in [2.75, 3.05) is 28.7 Å². The van der Waals surface area contributed by atoms with Crippen molar-refractivity contribution in [2.24, 2.45) is 10.2 Å². The minimum absolute atomic E-state index is 0.277. The number of thioether (sulfide) groups is 1. The van der Waals surface area contributed by atoms with Gasteiger partial charge in [-0.3, -0.25) is 0 Å². The van der Waals surface area contributed by atoms with E-state index in [9.17, 15) is 0 Å². The van der Waals surface area contributed by atoms with Crippen molar-refractivity contribution in [1.29, 1.82) is 0 Å². The Bertz CT molecular complexity index is 743. The number of azo groups is 1. The van der Waals surface area contributed by atoms with Crippen molar-refractivity contribution in [2.45, 2.75) is 11.8 Å². The van der Waals surface area contributed by atoms with Gasteiger partial charge in [-0.1, -0.05) is 23.9 Å². The van der Waals surface area contributed by atoms with E-state index in [-0.39, 0.29) is 21.0 Å². The van der Waals surface area contributed by atoms with E-state index in [0.29, 0.717) is 0 Å². The van der Waals surface area contributed by atoms with Crippen molar-refractivity contribution < 1.29 is 0 Å². The first kappa shape index (κ1) is 16.4. The molecule has 0 aliphatic carbocycles. The van der Waals surface area contributed by atoms with Crippen LogP contribution in [0.1, 0.15) is 6.92 Å². The zero-order valence-corrected chi connectivity index (χ0v) is 16.4. The Hall–Kier alpha value is -1.41. The number of rotatable bonds is 4. The number of hydrogen-bond acceptors (Lipinski definition) is 5. The van der Waals surface area contributed by atoms with Crippen LogP contribution in [0.5, 0.6) is 0 Å². The standard InChI is InChI=1S/C17H19IN4S/c1-4-21(2)14-11-9-13(10-12-14)19-20-17-18-22(3)15-7-5-6-8-16(15)23-17/h5-12H,4H2,1-3H3. The molecule has 4 nitrogen and oxygen atoms in total. The lowest BCUT2D eigenvalue weighted by Crippen LogP contribution is -2.15. The second kappa shape index (κ2) is 7.44. The fraction of sp³-hybridized carbons (Fsp3) is 0.235. The van der Waals surface area contributed by atoms with Crippen molar-refractivity contribution in [3.8, 4) is 0 Å². The van der Waals surface area contributed by atoms with Crippen molar-refractivity contribution in [3.05, 3.63) is 48.5 Å². The average Bonchev–Trinajstić information content (AvgIpc) is 2.60. The number of fused-ring (bicyclic) bond motifs is 1. The van der Waals surface area contributed by atoms with Crippen molar-refractivity contribution >= 4 is 52.8 Å². The second-order valence-corrected chi connectivity index (χ2v) is 9.83. The van der Waals surface area contributed by atoms with E-state index < -0.39 is 0 Å². The molecule has 0 fully saturated rings. The number of hydrogen-bond donors (Lipinski definition) is 0. The summed E-state index contributed by atoms with van der Waals surface area (Å²) in [4.78, 5) is 3.46. The van der Waals surface area contributed by atoms with Crippen LogP contribution in [0.4, 0.5) is 17.1 Å². The maximum Gasteiger partial charge on any atom is 0.172 e. The van der Waals surface area contributed by atoms with Gasteiger partial charge in [0.15, 0.2) is 2.96 Å². The number of benzene rings is 2. The highest BCUT2D eigenvalue weighted by molar-refractivity contribution is 14.2. The van der Waals surface area contributed by atoms with Gasteiger partial charge < -0.3 is 8.01 Å². The van der Waals surface area contributed by atoms with E-state index in [2.05, 4.69) is 75.7 Å². The molecule has 2 aromatic rings. The van der Waals surface area contributed by atoms with Gasteiger partial charge in [-0.15, -0.1) is 10.2 Å². The summed E-state index contributed by atoms with van der Waals surface area (Å²) in [5, 5.41) is 8.91. The van der Waals surface area contributed by atoms with E-state index >= 15 is 0 Å². The van der Waals surface area contributed by atoms with E-state index in [1.165, 1.54) is 16.3 Å². The molecule has 120 valence electrons. The first-order chi connectivity index (χ1) is 11.2. The Morgan fingerprint density at radius 2 is 1.83 bits per heavy atom. The number of nitrogens with zero attached hydrogens (tertiary/aromatic N) is 4. The normalized spacial score (nSPS) is 14.2. The molecule has 0 unspecified atom stereocenters.